The number of benzene rings is 1. The average Bonchev–Trinajstić information content (AvgIpc) is 2.41. The number of ether oxygens (including phenoxy) is 2. The van der Waals surface area contributed by atoms with E-state index >= 15 is 0 Å². The van der Waals surface area contributed by atoms with Crippen LogP contribution in [0.5, 0.6) is 5.75 Å². The maximum atomic E-state index is 11.9. The molecule has 1 aliphatic rings. The minimum Gasteiger partial charge on any atom is -0.497 e. The Hall–Kier alpha value is -1.59. The van der Waals surface area contributed by atoms with Crippen molar-refractivity contribution in [2.45, 2.75) is 12.2 Å². The highest BCUT2D eigenvalue weighted by Crippen LogP contribution is 2.24. The SMILES string of the molecule is COc1ccc([C@@H](O)[C@H]2OCCN(C)C2=O)cc1. The van der Waals surface area contributed by atoms with Gasteiger partial charge in [0.15, 0.2) is 6.10 Å². The fraction of sp³-hybridized carbons (Fsp3) is 0.462. The first kappa shape index (κ1) is 12.9. The molecule has 1 aliphatic heterocycles. The molecule has 0 aromatic heterocycles. The van der Waals surface area contributed by atoms with E-state index in [-0.39, 0.29) is 5.91 Å². The van der Waals surface area contributed by atoms with Gasteiger partial charge in [0.05, 0.1) is 13.7 Å². The van der Waals surface area contributed by atoms with Crippen LogP contribution in [-0.2, 0) is 9.53 Å². The normalized spacial score (nSPS) is 21.8. The molecule has 18 heavy (non-hydrogen) atoms. The second kappa shape index (κ2) is 5.37. The van der Waals surface area contributed by atoms with Crippen LogP contribution in [0.4, 0.5) is 0 Å². The highest BCUT2D eigenvalue weighted by molar-refractivity contribution is 5.82. The van der Waals surface area contributed by atoms with Gasteiger partial charge in [-0.2, -0.15) is 0 Å². The number of aliphatic hydroxyl groups excluding tert-OH is 1. The van der Waals surface area contributed by atoms with Gasteiger partial charge in [-0.15, -0.1) is 0 Å². The Kier molecular flexibility index (Phi) is 3.84. The molecule has 2 rings (SSSR count). The molecule has 1 N–H and O–H groups in total. The zero-order chi connectivity index (χ0) is 13.1. The number of hydrogen-bond donors (Lipinski definition) is 1. The van der Waals surface area contributed by atoms with Gasteiger partial charge in [-0.25, -0.2) is 0 Å². The van der Waals surface area contributed by atoms with Gasteiger partial charge >= 0.3 is 0 Å². The summed E-state index contributed by atoms with van der Waals surface area (Å²) >= 11 is 0. The monoisotopic (exact) mass is 251 g/mol. The number of amides is 1. The number of nitrogens with zero attached hydrogens (tertiary/aromatic N) is 1. The van der Waals surface area contributed by atoms with Crippen molar-refractivity contribution in [3.05, 3.63) is 29.8 Å². The fourth-order valence-corrected chi connectivity index (χ4v) is 1.92. The molecule has 1 amide bonds. The first-order valence-electron chi connectivity index (χ1n) is 5.82. The molecule has 1 heterocycles. The molecule has 1 aromatic rings. The smallest absolute Gasteiger partial charge is 0.254 e. The lowest BCUT2D eigenvalue weighted by Crippen LogP contribution is -2.48. The van der Waals surface area contributed by atoms with Crippen molar-refractivity contribution in [3.8, 4) is 5.75 Å². The van der Waals surface area contributed by atoms with E-state index in [1.54, 1.807) is 43.3 Å². The zero-order valence-electron chi connectivity index (χ0n) is 10.5. The Morgan fingerprint density at radius 3 is 2.72 bits per heavy atom. The van der Waals surface area contributed by atoms with Crippen molar-refractivity contribution in [2.75, 3.05) is 27.3 Å². The van der Waals surface area contributed by atoms with Crippen LogP contribution in [0.15, 0.2) is 24.3 Å². The van der Waals surface area contributed by atoms with Gasteiger partial charge in [0.2, 0.25) is 0 Å². The molecule has 0 spiro atoms. The largest absolute Gasteiger partial charge is 0.497 e. The predicted octanol–water partition coefficient (Wildman–Crippen LogP) is 0.586. The summed E-state index contributed by atoms with van der Waals surface area (Å²) in [6.07, 6.45) is -1.77. The zero-order valence-corrected chi connectivity index (χ0v) is 10.5. The van der Waals surface area contributed by atoms with Crippen molar-refractivity contribution < 1.29 is 19.4 Å². The molecule has 98 valence electrons. The Balaban J connectivity index is 2.14. The molecule has 5 heteroatoms. The fourth-order valence-electron chi connectivity index (χ4n) is 1.92. The summed E-state index contributed by atoms with van der Waals surface area (Å²) in [6.45, 7) is 1.00. The highest BCUT2D eigenvalue weighted by Gasteiger charge is 2.34. The molecule has 2 atom stereocenters. The highest BCUT2D eigenvalue weighted by atomic mass is 16.5. The summed E-state index contributed by atoms with van der Waals surface area (Å²) in [7, 11) is 3.28. The molecular formula is C13H17NO4. The van der Waals surface area contributed by atoms with E-state index in [1.807, 2.05) is 0 Å². The van der Waals surface area contributed by atoms with Gasteiger partial charge in [-0.3, -0.25) is 4.79 Å². The van der Waals surface area contributed by atoms with Crippen LogP contribution in [-0.4, -0.2) is 49.3 Å². The second-order valence-electron chi connectivity index (χ2n) is 4.27. The van der Waals surface area contributed by atoms with Gasteiger partial charge in [0, 0.05) is 13.6 Å². The summed E-state index contributed by atoms with van der Waals surface area (Å²) in [5, 5.41) is 10.2. The summed E-state index contributed by atoms with van der Waals surface area (Å²) in [5.74, 6) is 0.517. The molecule has 0 saturated carbocycles. The van der Waals surface area contributed by atoms with Gasteiger partial charge in [0.25, 0.3) is 5.91 Å². The van der Waals surface area contributed by atoms with Crippen molar-refractivity contribution in [1.82, 2.24) is 4.90 Å². The van der Waals surface area contributed by atoms with Crippen LogP contribution in [0.1, 0.15) is 11.7 Å². The summed E-state index contributed by atoms with van der Waals surface area (Å²) < 4.78 is 10.4. The number of carbonyl (C=O) groups excluding carboxylic acids is 1. The molecular weight excluding hydrogens is 234 g/mol. The molecule has 1 fully saturated rings. The molecule has 0 aliphatic carbocycles. The van der Waals surface area contributed by atoms with Crippen molar-refractivity contribution >= 4 is 5.91 Å². The van der Waals surface area contributed by atoms with E-state index in [4.69, 9.17) is 9.47 Å². The Labute approximate surface area is 106 Å². The summed E-state index contributed by atoms with van der Waals surface area (Å²) in [4.78, 5) is 13.4. The van der Waals surface area contributed by atoms with Gasteiger partial charge in [-0.05, 0) is 17.7 Å². The van der Waals surface area contributed by atoms with Crippen LogP contribution < -0.4 is 4.74 Å². The predicted molar refractivity (Wildman–Crippen MR) is 65.3 cm³/mol. The summed E-state index contributed by atoms with van der Waals surface area (Å²) in [6, 6.07) is 6.95. The average molecular weight is 251 g/mol. The third kappa shape index (κ3) is 2.47. The van der Waals surface area contributed by atoms with E-state index < -0.39 is 12.2 Å². The van der Waals surface area contributed by atoms with Crippen LogP contribution >= 0.6 is 0 Å². The third-order valence-corrected chi connectivity index (χ3v) is 3.09. The number of methoxy groups -OCH3 is 1. The van der Waals surface area contributed by atoms with Gasteiger partial charge in [-0.1, -0.05) is 12.1 Å². The molecule has 1 aromatic carbocycles. The van der Waals surface area contributed by atoms with Crippen LogP contribution in [0, 0.1) is 0 Å². The molecule has 0 radical (unpaired) electrons. The van der Waals surface area contributed by atoms with E-state index in [0.29, 0.717) is 24.5 Å². The Bertz CT molecular complexity index is 418. The number of aliphatic hydroxyl groups is 1. The molecule has 0 unspecified atom stereocenters. The minimum atomic E-state index is -0.953. The number of hydrogen-bond acceptors (Lipinski definition) is 4. The first-order chi connectivity index (χ1) is 8.63. The molecule has 0 bridgehead atoms. The van der Waals surface area contributed by atoms with Gasteiger partial charge < -0.3 is 19.5 Å². The topological polar surface area (TPSA) is 59.0 Å². The Morgan fingerprint density at radius 2 is 2.11 bits per heavy atom. The van der Waals surface area contributed by atoms with E-state index in [1.165, 1.54) is 0 Å². The lowest BCUT2D eigenvalue weighted by atomic mass is 10.0. The minimum absolute atomic E-state index is 0.190. The number of rotatable bonds is 3. The lowest BCUT2D eigenvalue weighted by Gasteiger charge is -2.32. The van der Waals surface area contributed by atoms with Crippen molar-refractivity contribution in [3.63, 3.8) is 0 Å². The van der Waals surface area contributed by atoms with Crippen LogP contribution in [0.3, 0.4) is 0 Å². The lowest BCUT2D eigenvalue weighted by molar-refractivity contribution is -0.161. The maximum absolute atomic E-state index is 11.9. The number of morpholine rings is 1. The quantitative estimate of drug-likeness (QED) is 0.854. The van der Waals surface area contributed by atoms with E-state index in [9.17, 15) is 9.90 Å². The van der Waals surface area contributed by atoms with Crippen molar-refractivity contribution in [2.24, 2.45) is 0 Å². The number of likely N-dealkylation sites (N-methyl/N-ethyl adjacent to an activating group) is 1. The molecule has 1 saturated heterocycles. The Morgan fingerprint density at radius 1 is 1.44 bits per heavy atom. The molecule has 5 nitrogen and oxygen atoms in total. The van der Waals surface area contributed by atoms with Crippen LogP contribution in [0.25, 0.3) is 0 Å². The summed E-state index contributed by atoms with van der Waals surface area (Å²) in [5.41, 5.74) is 0.643. The van der Waals surface area contributed by atoms with Gasteiger partial charge in [0.1, 0.15) is 11.9 Å². The first-order valence-corrected chi connectivity index (χ1v) is 5.82. The number of carbonyl (C=O) groups is 1. The van der Waals surface area contributed by atoms with E-state index in [0.717, 1.165) is 0 Å². The van der Waals surface area contributed by atoms with E-state index in [2.05, 4.69) is 0 Å². The standard InChI is InChI=1S/C13H17NO4/c1-14-7-8-18-12(13(14)16)11(15)9-3-5-10(17-2)6-4-9/h3-6,11-12,15H,7-8H2,1-2H3/t11-,12-/m1/s1. The maximum Gasteiger partial charge on any atom is 0.254 e. The third-order valence-electron chi connectivity index (χ3n) is 3.09. The van der Waals surface area contributed by atoms with Crippen molar-refractivity contribution in [1.29, 1.82) is 0 Å². The second-order valence-corrected chi connectivity index (χ2v) is 4.27. The van der Waals surface area contributed by atoms with Crippen LogP contribution in [0.2, 0.25) is 0 Å².